The monoisotopic (exact) mass is 345 g/mol. The second kappa shape index (κ2) is 7.55. The second-order valence-electron chi connectivity index (χ2n) is 5.54. The van der Waals surface area contributed by atoms with Gasteiger partial charge in [-0.25, -0.2) is 9.59 Å². The Morgan fingerprint density at radius 3 is 2.50 bits per heavy atom. The van der Waals surface area contributed by atoms with Gasteiger partial charge in [-0.1, -0.05) is 30.3 Å². The van der Waals surface area contributed by atoms with Crippen LogP contribution in [0.2, 0.25) is 0 Å². The van der Waals surface area contributed by atoms with Crippen molar-refractivity contribution >= 4 is 12.1 Å². The molecule has 0 saturated carbocycles. The number of halogens is 3. The maximum Gasteiger partial charge on any atom is 0.410 e. The fourth-order valence-corrected chi connectivity index (χ4v) is 2.64. The fourth-order valence-electron chi connectivity index (χ4n) is 2.64. The first-order chi connectivity index (χ1) is 11.3. The fraction of sp³-hybridized carbons (Fsp3) is 0.500. The molecule has 1 aliphatic rings. The molecule has 1 aromatic rings. The molecule has 1 aromatic carbocycles. The van der Waals surface area contributed by atoms with Crippen molar-refractivity contribution < 1.29 is 32.2 Å². The van der Waals surface area contributed by atoms with E-state index in [2.05, 4.69) is 4.74 Å². The van der Waals surface area contributed by atoms with E-state index < -0.39 is 36.6 Å². The number of rotatable bonds is 3. The number of ether oxygens (including phenoxy) is 2. The van der Waals surface area contributed by atoms with Gasteiger partial charge in [0.25, 0.3) is 0 Å². The molecule has 0 aliphatic carbocycles. The van der Waals surface area contributed by atoms with Crippen molar-refractivity contribution in [1.29, 1.82) is 0 Å². The summed E-state index contributed by atoms with van der Waals surface area (Å²) < 4.78 is 48.3. The normalized spacial score (nSPS) is 21.2. The molecule has 0 aromatic heterocycles. The Hall–Kier alpha value is -2.25. The molecule has 0 bridgehead atoms. The van der Waals surface area contributed by atoms with Gasteiger partial charge in [-0.2, -0.15) is 13.2 Å². The second-order valence-corrected chi connectivity index (χ2v) is 5.54. The van der Waals surface area contributed by atoms with E-state index in [0.29, 0.717) is 0 Å². The molecule has 24 heavy (non-hydrogen) atoms. The highest BCUT2D eigenvalue weighted by Gasteiger charge is 2.48. The van der Waals surface area contributed by atoms with Gasteiger partial charge in [0.1, 0.15) is 12.6 Å². The van der Waals surface area contributed by atoms with Crippen molar-refractivity contribution in [2.24, 2.45) is 5.92 Å². The van der Waals surface area contributed by atoms with Crippen LogP contribution in [0.5, 0.6) is 0 Å². The summed E-state index contributed by atoms with van der Waals surface area (Å²) in [6.07, 6.45) is -6.02. The molecule has 2 atom stereocenters. The number of carbonyl (C=O) groups is 2. The summed E-state index contributed by atoms with van der Waals surface area (Å²) >= 11 is 0. The maximum absolute atomic E-state index is 12.9. The number of esters is 1. The van der Waals surface area contributed by atoms with Crippen molar-refractivity contribution in [3.05, 3.63) is 35.9 Å². The highest BCUT2D eigenvalue weighted by Crippen LogP contribution is 2.37. The first-order valence-corrected chi connectivity index (χ1v) is 7.44. The number of piperidine rings is 1. The average Bonchev–Trinajstić information content (AvgIpc) is 2.58. The quantitative estimate of drug-likeness (QED) is 0.790. The Morgan fingerprint density at radius 1 is 1.25 bits per heavy atom. The smallest absolute Gasteiger partial charge is 0.410 e. The Morgan fingerprint density at radius 2 is 1.92 bits per heavy atom. The van der Waals surface area contributed by atoms with Crippen LogP contribution in [-0.2, 0) is 20.9 Å². The van der Waals surface area contributed by atoms with Crippen LogP contribution in [0.3, 0.4) is 0 Å². The van der Waals surface area contributed by atoms with E-state index in [1.807, 2.05) is 0 Å². The molecule has 1 aliphatic heterocycles. The van der Waals surface area contributed by atoms with Gasteiger partial charge in [0.2, 0.25) is 0 Å². The molecule has 0 radical (unpaired) electrons. The van der Waals surface area contributed by atoms with Gasteiger partial charge in [0, 0.05) is 6.54 Å². The molecule has 2 unspecified atom stereocenters. The number of hydrogen-bond acceptors (Lipinski definition) is 4. The van der Waals surface area contributed by atoms with Crippen molar-refractivity contribution in [1.82, 2.24) is 4.90 Å². The Bertz CT molecular complexity index is 576. The van der Waals surface area contributed by atoms with Crippen LogP contribution in [0, 0.1) is 5.92 Å². The summed E-state index contributed by atoms with van der Waals surface area (Å²) in [4.78, 5) is 25.0. The molecule has 0 spiro atoms. The summed E-state index contributed by atoms with van der Waals surface area (Å²) in [6.45, 7) is -0.232. The van der Waals surface area contributed by atoms with Crippen LogP contribution in [-0.4, -0.2) is 42.8 Å². The predicted molar refractivity (Wildman–Crippen MR) is 77.9 cm³/mol. The topological polar surface area (TPSA) is 55.8 Å². The largest absolute Gasteiger partial charge is 0.467 e. The highest BCUT2D eigenvalue weighted by atomic mass is 19.4. The number of alkyl halides is 3. The summed E-state index contributed by atoms with van der Waals surface area (Å²) in [6, 6.07) is 7.56. The summed E-state index contributed by atoms with van der Waals surface area (Å²) in [5.41, 5.74) is 0.741. The number of likely N-dealkylation sites (tertiary alicyclic amines) is 1. The molecule has 1 amide bonds. The Kier molecular flexibility index (Phi) is 5.69. The standard InChI is InChI=1S/C16H18F3NO4/c1-23-14(21)13-9-12(16(17,18)19)7-8-20(13)15(22)24-10-11-5-3-2-4-6-11/h2-6,12-13H,7-10H2,1H3. The minimum absolute atomic E-state index is 0.0211. The van der Waals surface area contributed by atoms with Crippen molar-refractivity contribution in [2.75, 3.05) is 13.7 Å². The molecule has 8 heteroatoms. The number of carbonyl (C=O) groups excluding carboxylic acids is 2. The number of hydrogen-bond donors (Lipinski definition) is 0. The van der Waals surface area contributed by atoms with Crippen molar-refractivity contribution in [3.63, 3.8) is 0 Å². The number of amides is 1. The predicted octanol–water partition coefficient (Wildman–Crippen LogP) is 3.14. The molecular formula is C16H18F3NO4. The third kappa shape index (κ3) is 4.39. The van der Waals surface area contributed by atoms with E-state index in [0.717, 1.165) is 17.6 Å². The number of methoxy groups -OCH3 is 1. The van der Waals surface area contributed by atoms with E-state index >= 15 is 0 Å². The lowest BCUT2D eigenvalue weighted by molar-refractivity contribution is -0.191. The third-order valence-corrected chi connectivity index (χ3v) is 3.98. The summed E-state index contributed by atoms with van der Waals surface area (Å²) in [7, 11) is 1.08. The van der Waals surface area contributed by atoms with E-state index in [-0.39, 0.29) is 19.6 Å². The minimum Gasteiger partial charge on any atom is -0.467 e. The lowest BCUT2D eigenvalue weighted by atomic mass is 9.90. The average molecular weight is 345 g/mol. The van der Waals surface area contributed by atoms with E-state index in [1.165, 1.54) is 0 Å². The SMILES string of the molecule is COC(=O)C1CC(C(F)(F)F)CCN1C(=O)OCc1ccccc1. The van der Waals surface area contributed by atoms with Gasteiger partial charge in [0.15, 0.2) is 0 Å². The Balaban J connectivity index is 2.03. The summed E-state index contributed by atoms with van der Waals surface area (Å²) in [5.74, 6) is -2.51. The molecule has 2 rings (SSSR count). The first-order valence-electron chi connectivity index (χ1n) is 7.44. The van der Waals surface area contributed by atoms with Gasteiger partial charge in [0.05, 0.1) is 13.0 Å². The molecule has 132 valence electrons. The van der Waals surface area contributed by atoms with Gasteiger partial charge >= 0.3 is 18.2 Å². The van der Waals surface area contributed by atoms with Crippen LogP contribution < -0.4 is 0 Å². The molecule has 5 nitrogen and oxygen atoms in total. The maximum atomic E-state index is 12.9. The zero-order chi connectivity index (χ0) is 17.7. The zero-order valence-corrected chi connectivity index (χ0v) is 13.1. The lowest BCUT2D eigenvalue weighted by Gasteiger charge is -2.37. The molecule has 1 saturated heterocycles. The molecule has 0 N–H and O–H groups in total. The highest BCUT2D eigenvalue weighted by molar-refractivity contribution is 5.81. The van der Waals surface area contributed by atoms with Crippen LogP contribution in [0.4, 0.5) is 18.0 Å². The van der Waals surface area contributed by atoms with Gasteiger partial charge in [-0.15, -0.1) is 0 Å². The Labute approximate surface area is 137 Å². The third-order valence-electron chi connectivity index (χ3n) is 3.98. The van der Waals surface area contributed by atoms with E-state index in [9.17, 15) is 22.8 Å². The lowest BCUT2D eigenvalue weighted by Crippen LogP contribution is -2.52. The van der Waals surface area contributed by atoms with Crippen LogP contribution in [0.25, 0.3) is 0 Å². The molecule has 1 fully saturated rings. The zero-order valence-electron chi connectivity index (χ0n) is 13.1. The van der Waals surface area contributed by atoms with Crippen molar-refractivity contribution in [3.8, 4) is 0 Å². The first kappa shape index (κ1) is 18.1. The van der Waals surface area contributed by atoms with Gasteiger partial charge in [-0.3, -0.25) is 4.90 Å². The van der Waals surface area contributed by atoms with E-state index in [1.54, 1.807) is 30.3 Å². The van der Waals surface area contributed by atoms with Gasteiger partial charge in [-0.05, 0) is 18.4 Å². The number of benzene rings is 1. The van der Waals surface area contributed by atoms with Crippen LogP contribution in [0.1, 0.15) is 18.4 Å². The molecule has 1 heterocycles. The van der Waals surface area contributed by atoms with Crippen LogP contribution >= 0.6 is 0 Å². The van der Waals surface area contributed by atoms with E-state index in [4.69, 9.17) is 4.74 Å². The van der Waals surface area contributed by atoms with Crippen LogP contribution in [0.15, 0.2) is 30.3 Å². The molecular weight excluding hydrogens is 327 g/mol. The number of nitrogens with zero attached hydrogens (tertiary/aromatic N) is 1. The minimum atomic E-state index is -4.41. The van der Waals surface area contributed by atoms with Gasteiger partial charge < -0.3 is 9.47 Å². The van der Waals surface area contributed by atoms with Crippen molar-refractivity contribution in [2.45, 2.75) is 31.7 Å². The summed E-state index contributed by atoms with van der Waals surface area (Å²) in [5, 5.41) is 0.